The standard InChI is InChI=1S/C12H14BrNO4/c1-12(2,3)18-11(17)14-6-4-5-7(14)9(13)8(6)10(15)16/h4-7H,1-3H3,(H,15,16). The second-order valence-corrected chi connectivity index (χ2v) is 6.08. The molecule has 0 spiro atoms. The number of carboxylic acid groups (broad SMARTS) is 1. The fourth-order valence-corrected chi connectivity index (χ4v) is 2.86. The molecule has 98 valence electrons. The van der Waals surface area contributed by atoms with Crippen LogP contribution in [0, 0.1) is 0 Å². The molecule has 2 unspecified atom stereocenters. The molecule has 0 fully saturated rings. The van der Waals surface area contributed by atoms with Crippen LogP contribution in [0.2, 0.25) is 0 Å². The van der Waals surface area contributed by atoms with Gasteiger partial charge in [-0.15, -0.1) is 0 Å². The van der Waals surface area contributed by atoms with Gasteiger partial charge in [0, 0.05) is 4.48 Å². The van der Waals surface area contributed by atoms with E-state index >= 15 is 0 Å². The second kappa shape index (κ2) is 4.12. The average molecular weight is 316 g/mol. The van der Waals surface area contributed by atoms with E-state index in [-0.39, 0.29) is 11.6 Å². The Labute approximate surface area is 113 Å². The van der Waals surface area contributed by atoms with Crippen LogP contribution in [0.15, 0.2) is 22.2 Å². The Hall–Kier alpha value is -1.30. The van der Waals surface area contributed by atoms with Gasteiger partial charge in [0.15, 0.2) is 0 Å². The van der Waals surface area contributed by atoms with Crippen molar-refractivity contribution in [1.29, 1.82) is 0 Å². The van der Waals surface area contributed by atoms with Crippen LogP contribution >= 0.6 is 15.9 Å². The number of amides is 1. The number of fused-ring (bicyclic) bond motifs is 2. The summed E-state index contributed by atoms with van der Waals surface area (Å²) in [7, 11) is 0. The number of carbonyl (C=O) groups is 2. The Bertz CT molecular complexity index is 475. The van der Waals surface area contributed by atoms with Gasteiger partial charge in [-0.2, -0.15) is 0 Å². The SMILES string of the molecule is CC(C)(C)OC(=O)N1C2C=CC1C(C(=O)O)=C2Br. The number of hydrogen-bond donors (Lipinski definition) is 1. The molecule has 0 aliphatic carbocycles. The molecule has 2 rings (SSSR count). The van der Waals surface area contributed by atoms with E-state index in [4.69, 9.17) is 9.84 Å². The van der Waals surface area contributed by atoms with Gasteiger partial charge in [0.1, 0.15) is 5.60 Å². The highest BCUT2D eigenvalue weighted by atomic mass is 79.9. The first-order valence-corrected chi connectivity index (χ1v) is 6.34. The zero-order valence-corrected chi connectivity index (χ0v) is 11.9. The van der Waals surface area contributed by atoms with Crippen LogP contribution in [0.5, 0.6) is 0 Å². The number of halogens is 1. The monoisotopic (exact) mass is 315 g/mol. The summed E-state index contributed by atoms with van der Waals surface area (Å²) in [6, 6.07) is -0.910. The molecule has 0 aromatic rings. The molecular weight excluding hydrogens is 302 g/mol. The number of carboxylic acids is 1. The van der Waals surface area contributed by atoms with E-state index in [1.54, 1.807) is 32.9 Å². The van der Waals surface area contributed by atoms with Crippen LogP contribution in [0.4, 0.5) is 4.79 Å². The second-order valence-electron chi connectivity index (χ2n) is 5.23. The maximum absolute atomic E-state index is 12.1. The highest BCUT2D eigenvalue weighted by molar-refractivity contribution is 9.11. The molecule has 2 aliphatic rings. The zero-order chi connectivity index (χ0) is 13.7. The van der Waals surface area contributed by atoms with E-state index in [1.165, 1.54) is 4.90 Å². The molecule has 0 aromatic carbocycles. The summed E-state index contributed by atoms with van der Waals surface area (Å²) in [6.45, 7) is 5.32. The number of ether oxygens (including phenoxy) is 1. The zero-order valence-electron chi connectivity index (χ0n) is 10.3. The Balaban J connectivity index is 2.22. The largest absolute Gasteiger partial charge is 0.478 e. The van der Waals surface area contributed by atoms with E-state index in [9.17, 15) is 9.59 Å². The predicted molar refractivity (Wildman–Crippen MR) is 68.4 cm³/mol. The highest BCUT2D eigenvalue weighted by Gasteiger charge is 2.48. The van der Waals surface area contributed by atoms with E-state index in [0.29, 0.717) is 4.48 Å². The molecule has 0 aromatic heterocycles. The van der Waals surface area contributed by atoms with Gasteiger partial charge in [-0.25, -0.2) is 9.59 Å². The molecule has 2 heterocycles. The summed E-state index contributed by atoms with van der Waals surface area (Å²) in [5, 5.41) is 9.14. The first-order valence-electron chi connectivity index (χ1n) is 5.55. The number of hydrogen-bond acceptors (Lipinski definition) is 3. The van der Waals surface area contributed by atoms with Crippen LogP contribution in [0.1, 0.15) is 20.8 Å². The topological polar surface area (TPSA) is 66.8 Å². The molecule has 1 amide bonds. The summed E-state index contributed by atoms with van der Waals surface area (Å²) in [6.07, 6.45) is 3.00. The molecular formula is C12H14BrNO4. The van der Waals surface area contributed by atoms with Crippen molar-refractivity contribution >= 4 is 28.0 Å². The van der Waals surface area contributed by atoms with E-state index < -0.39 is 23.7 Å². The van der Waals surface area contributed by atoms with Gasteiger partial charge in [0.25, 0.3) is 0 Å². The molecule has 5 nitrogen and oxygen atoms in total. The number of nitrogens with zero attached hydrogens (tertiary/aromatic N) is 1. The quantitative estimate of drug-likeness (QED) is 0.754. The third-order valence-corrected chi connectivity index (χ3v) is 3.62. The molecule has 6 heteroatoms. The van der Waals surface area contributed by atoms with Gasteiger partial charge < -0.3 is 9.84 Å². The fraction of sp³-hybridized carbons (Fsp3) is 0.500. The molecule has 2 atom stereocenters. The molecule has 0 radical (unpaired) electrons. The first-order chi connectivity index (χ1) is 8.22. The van der Waals surface area contributed by atoms with Gasteiger partial charge in [-0.3, -0.25) is 4.90 Å². The van der Waals surface area contributed by atoms with Crippen LogP contribution in [0.3, 0.4) is 0 Å². The van der Waals surface area contributed by atoms with E-state index in [1.807, 2.05) is 0 Å². The van der Waals surface area contributed by atoms with Crippen LogP contribution in [-0.4, -0.2) is 39.8 Å². The van der Waals surface area contributed by atoms with Gasteiger partial charge in [0.2, 0.25) is 0 Å². The Morgan fingerprint density at radius 1 is 1.33 bits per heavy atom. The van der Waals surface area contributed by atoms with Gasteiger partial charge in [-0.1, -0.05) is 28.1 Å². The predicted octanol–water partition coefficient (Wildman–Crippen LogP) is 2.28. The highest BCUT2D eigenvalue weighted by Crippen LogP contribution is 2.41. The normalized spacial score (nSPS) is 25.9. The third kappa shape index (κ3) is 2.05. The lowest BCUT2D eigenvalue weighted by molar-refractivity contribution is -0.132. The molecule has 1 N–H and O–H groups in total. The van der Waals surface area contributed by atoms with Crippen LogP contribution in [0.25, 0.3) is 0 Å². The Kier molecular flexibility index (Phi) is 3.01. The fourth-order valence-electron chi connectivity index (χ4n) is 2.08. The number of carbonyl (C=O) groups excluding carboxylic acids is 1. The van der Waals surface area contributed by atoms with Crippen molar-refractivity contribution in [1.82, 2.24) is 4.90 Å². The van der Waals surface area contributed by atoms with Crippen molar-refractivity contribution in [3.05, 3.63) is 22.2 Å². The third-order valence-electron chi connectivity index (χ3n) is 2.72. The summed E-state index contributed by atoms with van der Waals surface area (Å²) in [5.74, 6) is -1.02. The van der Waals surface area contributed by atoms with Crippen molar-refractivity contribution in [3.63, 3.8) is 0 Å². The maximum atomic E-state index is 12.1. The molecule has 2 bridgehead atoms. The number of rotatable bonds is 1. The summed E-state index contributed by atoms with van der Waals surface area (Å²) in [5.41, 5.74) is -0.400. The molecule has 2 aliphatic heterocycles. The molecule has 0 saturated carbocycles. The molecule has 0 saturated heterocycles. The van der Waals surface area contributed by atoms with E-state index in [2.05, 4.69) is 15.9 Å². The maximum Gasteiger partial charge on any atom is 0.411 e. The van der Waals surface area contributed by atoms with E-state index in [0.717, 1.165) is 0 Å². The van der Waals surface area contributed by atoms with Crippen molar-refractivity contribution in [2.75, 3.05) is 0 Å². The van der Waals surface area contributed by atoms with Gasteiger partial charge >= 0.3 is 12.1 Å². The summed E-state index contributed by atoms with van der Waals surface area (Å²) < 4.78 is 5.81. The van der Waals surface area contributed by atoms with Crippen molar-refractivity contribution < 1.29 is 19.4 Å². The van der Waals surface area contributed by atoms with Gasteiger partial charge in [0.05, 0.1) is 17.7 Å². The first kappa shape index (κ1) is 13.1. The van der Waals surface area contributed by atoms with Crippen molar-refractivity contribution in [3.8, 4) is 0 Å². The van der Waals surface area contributed by atoms with Crippen LogP contribution in [-0.2, 0) is 9.53 Å². The van der Waals surface area contributed by atoms with Crippen molar-refractivity contribution in [2.24, 2.45) is 0 Å². The average Bonchev–Trinajstić information content (AvgIpc) is 2.68. The number of aliphatic carboxylic acids is 1. The lowest BCUT2D eigenvalue weighted by atomic mass is 10.1. The Morgan fingerprint density at radius 2 is 1.89 bits per heavy atom. The smallest absolute Gasteiger partial charge is 0.411 e. The van der Waals surface area contributed by atoms with Crippen LogP contribution < -0.4 is 0 Å². The van der Waals surface area contributed by atoms with Crippen molar-refractivity contribution in [2.45, 2.75) is 38.5 Å². The minimum atomic E-state index is -1.02. The lowest BCUT2D eigenvalue weighted by Crippen LogP contribution is -2.42. The Morgan fingerprint density at radius 3 is 2.33 bits per heavy atom. The van der Waals surface area contributed by atoms with Gasteiger partial charge in [-0.05, 0) is 20.8 Å². The molecule has 18 heavy (non-hydrogen) atoms. The lowest BCUT2D eigenvalue weighted by Gasteiger charge is -2.28. The summed E-state index contributed by atoms with van der Waals surface area (Å²) >= 11 is 3.25. The minimum Gasteiger partial charge on any atom is -0.478 e. The summed E-state index contributed by atoms with van der Waals surface area (Å²) in [4.78, 5) is 24.6. The minimum absolute atomic E-state index is 0.202.